The maximum atomic E-state index is 12.0. The molecule has 0 radical (unpaired) electrons. The Morgan fingerprint density at radius 2 is 1.95 bits per heavy atom. The number of aliphatic hydroxyl groups is 1. The summed E-state index contributed by atoms with van der Waals surface area (Å²) in [5.41, 5.74) is 5.28. The summed E-state index contributed by atoms with van der Waals surface area (Å²) in [5, 5.41) is 10.5. The second kappa shape index (κ2) is 6.62. The molecule has 1 aliphatic rings. The number of ether oxygens (including phenoxy) is 1. The van der Waals surface area contributed by atoms with Crippen LogP contribution in [0.5, 0.6) is 0 Å². The molecule has 1 rings (SSSR count). The molecule has 0 heterocycles. The molecule has 1 saturated carbocycles. The maximum Gasteiger partial charge on any atom is 0.411 e. The van der Waals surface area contributed by atoms with Crippen molar-refractivity contribution in [2.45, 2.75) is 58.2 Å². The molecule has 0 spiro atoms. The summed E-state index contributed by atoms with van der Waals surface area (Å²) in [6.45, 7) is 3.23. The Balaban J connectivity index is 2.46. The first-order chi connectivity index (χ1) is 9.13. The highest BCUT2D eigenvalue weighted by Crippen LogP contribution is 2.48. The van der Waals surface area contributed by atoms with Crippen molar-refractivity contribution in [3.05, 3.63) is 0 Å². The number of rotatable bonds is 6. The molecule has 0 aromatic rings. The zero-order valence-corrected chi connectivity index (χ0v) is 12.3. The fourth-order valence-corrected chi connectivity index (χ4v) is 3.29. The van der Waals surface area contributed by atoms with Crippen LogP contribution in [-0.4, -0.2) is 37.1 Å². The maximum absolute atomic E-state index is 12.0. The molecule has 1 fully saturated rings. The van der Waals surface area contributed by atoms with Crippen LogP contribution >= 0.6 is 0 Å². The molecule has 0 aliphatic heterocycles. The van der Waals surface area contributed by atoms with Crippen molar-refractivity contribution in [3.8, 4) is 0 Å². The van der Waals surface area contributed by atoms with E-state index in [9.17, 15) is 18.3 Å². The lowest BCUT2D eigenvalue weighted by atomic mass is 9.59. The summed E-state index contributed by atoms with van der Waals surface area (Å²) < 4.78 is 40.5. The fraction of sp³-hybridized carbons (Fsp3) is 1.00. The molecule has 0 amide bonds. The average molecular weight is 297 g/mol. The molecule has 120 valence electrons. The lowest BCUT2D eigenvalue weighted by Crippen LogP contribution is -2.52. The largest absolute Gasteiger partial charge is 0.411 e. The Labute approximate surface area is 118 Å². The van der Waals surface area contributed by atoms with Crippen LogP contribution in [0.3, 0.4) is 0 Å². The first-order valence-corrected chi connectivity index (χ1v) is 7.16. The lowest BCUT2D eigenvalue weighted by molar-refractivity contribution is -0.175. The molecule has 1 aliphatic carbocycles. The molecular formula is C14H26F3NO2. The fourth-order valence-electron chi connectivity index (χ4n) is 3.29. The second-order valence-electron chi connectivity index (χ2n) is 6.58. The number of hydrogen-bond donors (Lipinski definition) is 2. The van der Waals surface area contributed by atoms with Crippen LogP contribution in [0.25, 0.3) is 0 Å². The van der Waals surface area contributed by atoms with Gasteiger partial charge in [0, 0.05) is 18.6 Å². The Hall–Kier alpha value is -0.330. The standard InChI is InChI=1S/C14H26F3NO2/c1-12(2)5-3-6-13(9-18,11(12)19)7-4-8-20-10-14(15,16)17/h11,19H,3-10,18H2,1-2H3. The highest BCUT2D eigenvalue weighted by Gasteiger charge is 2.47. The number of hydrogen-bond acceptors (Lipinski definition) is 3. The minimum absolute atomic E-state index is 0.0500. The predicted molar refractivity (Wildman–Crippen MR) is 71.2 cm³/mol. The van der Waals surface area contributed by atoms with Crippen LogP contribution in [0.4, 0.5) is 13.2 Å². The molecule has 0 aromatic carbocycles. The molecular weight excluding hydrogens is 271 g/mol. The third-order valence-corrected chi connectivity index (χ3v) is 4.45. The van der Waals surface area contributed by atoms with Crippen LogP contribution in [0.1, 0.15) is 46.0 Å². The van der Waals surface area contributed by atoms with Crippen LogP contribution < -0.4 is 5.73 Å². The highest BCUT2D eigenvalue weighted by molar-refractivity contribution is 4.98. The van der Waals surface area contributed by atoms with Crippen LogP contribution in [0.15, 0.2) is 0 Å². The lowest BCUT2D eigenvalue weighted by Gasteiger charge is -2.49. The predicted octanol–water partition coefficient (Wildman–Crippen LogP) is 2.86. The van der Waals surface area contributed by atoms with E-state index in [1.807, 2.05) is 13.8 Å². The van der Waals surface area contributed by atoms with Gasteiger partial charge in [-0.25, -0.2) is 0 Å². The van der Waals surface area contributed by atoms with E-state index < -0.39 is 18.9 Å². The van der Waals surface area contributed by atoms with Crippen molar-refractivity contribution in [1.29, 1.82) is 0 Å². The van der Waals surface area contributed by atoms with E-state index in [4.69, 9.17) is 5.73 Å². The molecule has 2 unspecified atom stereocenters. The molecule has 20 heavy (non-hydrogen) atoms. The van der Waals surface area contributed by atoms with Crippen LogP contribution in [0, 0.1) is 10.8 Å². The normalized spacial score (nSPS) is 30.4. The topological polar surface area (TPSA) is 55.5 Å². The Morgan fingerprint density at radius 1 is 1.30 bits per heavy atom. The Kier molecular flexibility index (Phi) is 5.87. The second-order valence-corrected chi connectivity index (χ2v) is 6.58. The zero-order valence-electron chi connectivity index (χ0n) is 12.3. The van der Waals surface area contributed by atoms with Crippen molar-refractivity contribution in [1.82, 2.24) is 0 Å². The van der Waals surface area contributed by atoms with Gasteiger partial charge in [-0.05, 0) is 31.1 Å². The van der Waals surface area contributed by atoms with Gasteiger partial charge in [0.25, 0.3) is 0 Å². The van der Waals surface area contributed by atoms with Gasteiger partial charge in [0.2, 0.25) is 0 Å². The number of alkyl halides is 3. The molecule has 0 saturated heterocycles. The van der Waals surface area contributed by atoms with Gasteiger partial charge in [-0.1, -0.05) is 20.3 Å². The van der Waals surface area contributed by atoms with E-state index >= 15 is 0 Å². The van der Waals surface area contributed by atoms with Crippen molar-refractivity contribution in [2.24, 2.45) is 16.6 Å². The summed E-state index contributed by atoms with van der Waals surface area (Å²) in [6, 6.07) is 0. The van der Waals surface area contributed by atoms with E-state index in [-0.39, 0.29) is 17.4 Å². The molecule has 3 N–H and O–H groups in total. The van der Waals surface area contributed by atoms with Crippen LogP contribution in [0.2, 0.25) is 0 Å². The quantitative estimate of drug-likeness (QED) is 0.741. The third kappa shape index (κ3) is 4.60. The molecule has 6 heteroatoms. The third-order valence-electron chi connectivity index (χ3n) is 4.45. The van der Waals surface area contributed by atoms with Gasteiger partial charge in [-0.3, -0.25) is 0 Å². The smallest absolute Gasteiger partial charge is 0.392 e. The van der Waals surface area contributed by atoms with Gasteiger partial charge >= 0.3 is 6.18 Å². The van der Waals surface area contributed by atoms with Crippen molar-refractivity contribution in [2.75, 3.05) is 19.8 Å². The number of nitrogens with two attached hydrogens (primary N) is 1. The van der Waals surface area contributed by atoms with Gasteiger partial charge in [0.05, 0.1) is 6.10 Å². The highest BCUT2D eigenvalue weighted by atomic mass is 19.4. The zero-order chi connectivity index (χ0) is 15.4. The van der Waals surface area contributed by atoms with Crippen molar-refractivity contribution < 1.29 is 23.0 Å². The SMILES string of the molecule is CC1(C)CCCC(CN)(CCCOCC(F)(F)F)C1O. The summed E-state index contributed by atoms with van der Waals surface area (Å²) >= 11 is 0. The minimum atomic E-state index is -4.28. The first-order valence-electron chi connectivity index (χ1n) is 7.16. The van der Waals surface area contributed by atoms with Crippen molar-refractivity contribution >= 4 is 0 Å². The Morgan fingerprint density at radius 3 is 2.50 bits per heavy atom. The average Bonchev–Trinajstić information content (AvgIpc) is 2.33. The van der Waals surface area contributed by atoms with E-state index in [2.05, 4.69) is 4.74 Å². The summed E-state index contributed by atoms with van der Waals surface area (Å²) in [5.74, 6) is 0. The van der Waals surface area contributed by atoms with Gasteiger partial charge in [0.15, 0.2) is 0 Å². The van der Waals surface area contributed by atoms with Crippen molar-refractivity contribution in [3.63, 3.8) is 0 Å². The van der Waals surface area contributed by atoms with E-state index in [1.165, 1.54) is 0 Å². The van der Waals surface area contributed by atoms with E-state index in [0.717, 1.165) is 19.3 Å². The monoisotopic (exact) mass is 297 g/mol. The van der Waals surface area contributed by atoms with Gasteiger partial charge < -0.3 is 15.6 Å². The molecule has 2 atom stereocenters. The Bertz CT molecular complexity index is 307. The molecule has 3 nitrogen and oxygen atoms in total. The summed E-state index contributed by atoms with van der Waals surface area (Å²) in [7, 11) is 0. The number of aliphatic hydroxyl groups excluding tert-OH is 1. The van der Waals surface area contributed by atoms with Gasteiger partial charge in [-0.15, -0.1) is 0 Å². The first kappa shape index (κ1) is 17.7. The number of halogens is 3. The van der Waals surface area contributed by atoms with E-state index in [1.54, 1.807) is 0 Å². The molecule has 0 aromatic heterocycles. The minimum Gasteiger partial charge on any atom is -0.392 e. The van der Waals surface area contributed by atoms with Crippen LogP contribution in [-0.2, 0) is 4.74 Å². The van der Waals surface area contributed by atoms with Gasteiger partial charge in [-0.2, -0.15) is 13.2 Å². The van der Waals surface area contributed by atoms with E-state index in [0.29, 0.717) is 19.4 Å². The molecule has 0 bridgehead atoms. The van der Waals surface area contributed by atoms with Gasteiger partial charge in [0.1, 0.15) is 6.61 Å². The summed E-state index contributed by atoms with van der Waals surface area (Å²) in [6.07, 6.45) is -0.945. The summed E-state index contributed by atoms with van der Waals surface area (Å²) in [4.78, 5) is 0.